The molecule has 0 bridgehead atoms. The SMILES string of the molecule is Cc1cc(-c2nc3c(c4nc(-c5ccc(C#N)c(C)c5)n(-c5ccccc5)c4c4nc(-c5ccc(C#N)c(C)c5)n(-c5ccccc5)c34)n2-c2ccccc2)ccc1C#N. The lowest BCUT2D eigenvalue weighted by molar-refractivity contribution is 1.10. The summed E-state index contributed by atoms with van der Waals surface area (Å²) in [4.78, 5) is 16.8. The molecule has 0 aliphatic rings. The first kappa shape index (κ1) is 35.8. The van der Waals surface area contributed by atoms with E-state index in [1.807, 2.05) is 130 Å². The molecule has 0 spiro atoms. The molecule has 9 heteroatoms. The van der Waals surface area contributed by atoms with Crippen LogP contribution in [0.15, 0.2) is 146 Å². The average Bonchev–Trinajstić information content (AvgIpc) is 4.00. The highest BCUT2D eigenvalue weighted by molar-refractivity contribution is 6.22. The number of hydrogen-bond acceptors (Lipinski definition) is 6. The van der Waals surface area contributed by atoms with Gasteiger partial charge in [0, 0.05) is 33.8 Å². The molecule has 0 aliphatic heterocycles. The minimum Gasteiger partial charge on any atom is -0.290 e. The normalized spacial score (nSPS) is 11.2. The van der Waals surface area contributed by atoms with E-state index in [0.717, 1.165) is 67.0 Å². The van der Waals surface area contributed by atoms with Gasteiger partial charge in [-0.05, 0) is 128 Å². The molecule has 0 fully saturated rings. The summed E-state index contributed by atoms with van der Waals surface area (Å²) >= 11 is 0. The zero-order chi connectivity index (χ0) is 41.1. The minimum atomic E-state index is 0.597. The molecule has 10 rings (SSSR count). The number of rotatable bonds is 6. The lowest BCUT2D eigenvalue weighted by Crippen LogP contribution is -2.00. The van der Waals surface area contributed by atoms with Crippen molar-refractivity contribution in [2.75, 3.05) is 0 Å². The van der Waals surface area contributed by atoms with E-state index in [2.05, 4.69) is 68.3 Å². The highest BCUT2D eigenvalue weighted by Gasteiger charge is 2.30. The fourth-order valence-corrected chi connectivity index (χ4v) is 8.26. The van der Waals surface area contributed by atoms with Crippen LogP contribution in [0.3, 0.4) is 0 Å². The summed E-state index contributed by atoms with van der Waals surface area (Å²) in [5.41, 5.74) is 13.9. The molecule has 0 unspecified atom stereocenters. The Morgan fingerprint density at radius 1 is 0.367 bits per heavy atom. The lowest BCUT2D eigenvalue weighted by atomic mass is 10.1. The average molecular weight is 772 g/mol. The molecular weight excluding hydrogens is 739 g/mol. The van der Waals surface area contributed by atoms with Gasteiger partial charge in [0.1, 0.15) is 50.6 Å². The maximum Gasteiger partial charge on any atom is 0.145 e. The van der Waals surface area contributed by atoms with E-state index in [4.69, 9.17) is 15.0 Å². The van der Waals surface area contributed by atoms with Gasteiger partial charge >= 0.3 is 0 Å². The Morgan fingerprint density at radius 2 is 0.633 bits per heavy atom. The van der Waals surface area contributed by atoms with E-state index in [-0.39, 0.29) is 0 Å². The molecule has 10 aromatic rings. The van der Waals surface area contributed by atoms with Crippen LogP contribution < -0.4 is 0 Å². The van der Waals surface area contributed by atoms with E-state index in [0.29, 0.717) is 50.7 Å². The number of benzene rings is 7. The van der Waals surface area contributed by atoms with Gasteiger partial charge in [-0.2, -0.15) is 15.8 Å². The fraction of sp³-hybridized carbons (Fsp3) is 0.0588. The number of para-hydroxylation sites is 3. The van der Waals surface area contributed by atoms with E-state index in [9.17, 15) is 15.8 Å². The smallest absolute Gasteiger partial charge is 0.145 e. The third-order valence-electron chi connectivity index (χ3n) is 11.2. The molecule has 7 aromatic carbocycles. The van der Waals surface area contributed by atoms with Crippen molar-refractivity contribution in [2.24, 2.45) is 0 Å². The Morgan fingerprint density at radius 3 is 0.867 bits per heavy atom. The van der Waals surface area contributed by atoms with Crippen LogP contribution in [0.5, 0.6) is 0 Å². The predicted molar refractivity (Wildman–Crippen MR) is 235 cm³/mol. The molecule has 0 saturated carbocycles. The predicted octanol–water partition coefficient (Wildman–Crippen LogP) is 11.2. The number of aromatic nitrogens is 6. The number of hydrogen-bond donors (Lipinski definition) is 0. The van der Waals surface area contributed by atoms with E-state index in [1.54, 1.807) is 0 Å². The number of aryl methyl sites for hydroxylation is 3. The Hall–Kier alpha value is -8.58. The van der Waals surface area contributed by atoms with Crippen LogP contribution in [0, 0.1) is 54.8 Å². The first-order valence-corrected chi connectivity index (χ1v) is 19.5. The molecule has 60 heavy (non-hydrogen) atoms. The van der Waals surface area contributed by atoms with Gasteiger partial charge in [-0.1, -0.05) is 54.6 Å². The summed E-state index contributed by atoms with van der Waals surface area (Å²) in [6.45, 7) is 5.83. The first-order chi connectivity index (χ1) is 29.4. The molecule has 9 nitrogen and oxygen atoms in total. The molecule has 0 aliphatic carbocycles. The largest absolute Gasteiger partial charge is 0.290 e. The number of nitrogens with zero attached hydrogens (tertiary/aromatic N) is 9. The van der Waals surface area contributed by atoms with Crippen LogP contribution >= 0.6 is 0 Å². The summed E-state index contributed by atoms with van der Waals surface area (Å²) in [7, 11) is 0. The molecule has 0 N–H and O–H groups in total. The Kier molecular flexibility index (Phi) is 8.42. The number of imidazole rings is 3. The summed E-state index contributed by atoms with van der Waals surface area (Å²) in [6.07, 6.45) is 0. The van der Waals surface area contributed by atoms with E-state index >= 15 is 0 Å². The summed E-state index contributed by atoms with van der Waals surface area (Å²) in [6, 6.07) is 54.8. The molecule has 0 saturated heterocycles. The van der Waals surface area contributed by atoms with Gasteiger partial charge in [0.05, 0.1) is 34.9 Å². The van der Waals surface area contributed by atoms with Crippen LogP contribution in [0.4, 0.5) is 0 Å². The van der Waals surface area contributed by atoms with Crippen molar-refractivity contribution in [2.45, 2.75) is 20.8 Å². The zero-order valence-corrected chi connectivity index (χ0v) is 32.9. The van der Waals surface area contributed by atoms with Crippen molar-refractivity contribution in [1.82, 2.24) is 28.7 Å². The zero-order valence-electron chi connectivity index (χ0n) is 32.9. The molecule has 0 amide bonds. The van der Waals surface area contributed by atoms with Crippen LogP contribution in [-0.4, -0.2) is 28.7 Å². The number of fused-ring (bicyclic) bond motifs is 6. The maximum atomic E-state index is 9.88. The molecule has 0 radical (unpaired) electrons. The summed E-state index contributed by atoms with van der Waals surface area (Å²) in [5.74, 6) is 2.04. The standard InChI is InChI=1S/C51H33N9/c1-31-25-34(19-22-37(31)28-52)49-55-43-46(58(49)40-13-7-4-8-14-40)44-48(60(42-17-11-6-12-18-42)50(56-44)35-20-23-38(29-53)32(2)26-35)45-47(43)59(41-15-9-5-10-16-41)51(57-45)36-21-24-39(30-54)33(3)27-36/h4-27H,1-3H3. The summed E-state index contributed by atoms with van der Waals surface area (Å²) in [5, 5.41) is 29.7. The summed E-state index contributed by atoms with van der Waals surface area (Å²) < 4.78 is 6.51. The second kappa shape index (κ2) is 14.1. The van der Waals surface area contributed by atoms with Crippen molar-refractivity contribution < 1.29 is 0 Å². The van der Waals surface area contributed by atoms with Crippen molar-refractivity contribution in [3.63, 3.8) is 0 Å². The monoisotopic (exact) mass is 771 g/mol. The van der Waals surface area contributed by atoms with Crippen molar-refractivity contribution in [1.29, 1.82) is 15.8 Å². The van der Waals surface area contributed by atoms with Crippen molar-refractivity contribution in [3.8, 4) is 69.4 Å². The van der Waals surface area contributed by atoms with Gasteiger partial charge in [-0.15, -0.1) is 0 Å². The quantitative estimate of drug-likeness (QED) is 0.166. The molecular formula is C51H33N9. The van der Waals surface area contributed by atoms with Gasteiger partial charge in [0.15, 0.2) is 0 Å². The molecule has 3 heterocycles. The van der Waals surface area contributed by atoms with Crippen LogP contribution in [-0.2, 0) is 0 Å². The van der Waals surface area contributed by atoms with Crippen molar-refractivity contribution >= 4 is 33.1 Å². The molecule has 282 valence electrons. The third kappa shape index (κ3) is 5.56. The van der Waals surface area contributed by atoms with E-state index in [1.165, 1.54) is 0 Å². The highest BCUT2D eigenvalue weighted by Crippen LogP contribution is 2.44. The van der Waals surface area contributed by atoms with Gasteiger partial charge < -0.3 is 0 Å². The Labute approximate surface area is 345 Å². The van der Waals surface area contributed by atoms with Crippen LogP contribution in [0.2, 0.25) is 0 Å². The maximum absolute atomic E-state index is 9.88. The second-order valence-electron chi connectivity index (χ2n) is 14.8. The second-order valence-corrected chi connectivity index (χ2v) is 14.8. The Bertz CT molecular complexity index is 3080. The van der Waals surface area contributed by atoms with Crippen molar-refractivity contribution in [3.05, 3.63) is 179 Å². The minimum absolute atomic E-state index is 0.597. The topological polar surface area (TPSA) is 125 Å². The van der Waals surface area contributed by atoms with E-state index < -0.39 is 0 Å². The first-order valence-electron chi connectivity index (χ1n) is 19.5. The fourth-order valence-electron chi connectivity index (χ4n) is 8.26. The van der Waals surface area contributed by atoms with Gasteiger partial charge in [0.25, 0.3) is 0 Å². The molecule has 0 atom stereocenters. The lowest BCUT2D eigenvalue weighted by Gasteiger charge is -2.13. The van der Waals surface area contributed by atoms with Gasteiger partial charge in [-0.25, -0.2) is 15.0 Å². The Balaban J connectivity index is 1.48. The number of nitriles is 3. The van der Waals surface area contributed by atoms with Gasteiger partial charge in [-0.3, -0.25) is 13.7 Å². The van der Waals surface area contributed by atoms with Crippen LogP contribution in [0.1, 0.15) is 33.4 Å². The van der Waals surface area contributed by atoms with Gasteiger partial charge in [0.2, 0.25) is 0 Å². The highest BCUT2D eigenvalue weighted by atomic mass is 15.2. The van der Waals surface area contributed by atoms with Crippen LogP contribution in [0.25, 0.3) is 84.3 Å². The molecule has 3 aromatic heterocycles. The third-order valence-corrected chi connectivity index (χ3v) is 11.2.